The second-order valence-corrected chi connectivity index (χ2v) is 8.19. The number of carboxylic acid groups (broad SMARTS) is 1. The van der Waals surface area contributed by atoms with Crippen molar-refractivity contribution in [2.45, 2.75) is 31.4 Å². The Morgan fingerprint density at radius 2 is 1.87 bits per heavy atom. The lowest BCUT2D eigenvalue weighted by atomic mass is 9.85. The number of carboxylic acids is 1. The molecule has 0 saturated carbocycles. The lowest BCUT2D eigenvalue weighted by Gasteiger charge is -2.27. The topological polar surface area (TPSA) is 69.6 Å². The lowest BCUT2D eigenvalue weighted by Crippen LogP contribution is -2.37. The number of fused-ring (bicyclic) bond motifs is 1. The first-order valence-electron chi connectivity index (χ1n) is 10.1. The molecule has 0 fully saturated rings. The highest BCUT2D eigenvalue weighted by Crippen LogP contribution is 2.30. The molecule has 162 valence electrons. The molecule has 0 aliphatic heterocycles. The highest BCUT2D eigenvalue weighted by atomic mass is 35.5. The Balaban J connectivity index is 0.00000272. The predicted molar refractivity (Wildman–Crippen MR) is 126 cm³/mol. The van der Waals surface area contributed by atoms with E-state index < -0.39 is 12.1 Å². The summed E-state index contributed by atoms with van der Waals surface area (Å²) in [6, 6.07) is 20.9. The molecule has 3 aromatic carbocycles. The highest BCUT2D eigenvalue weighted by Gasteiger charge is 2.21. The summed E-state index contributed by atoms with van der Waals surface area (Å²) in [6.07, 6.45) is 2.20. The van der Waals surface area contributed by atoms with Crippen LogP contribution in [-0.4, -0.2) is 28.8 Å². The molecule has 0 saturated heterocycles. The third kappa shape index (κ3) is 5.46. The number of aliphatic hydroxyl groups is 1. The van der Waals surface area contributed by atoms with Crippen LogP contribution in [0.15, 0.2) is 66.7 Å². The SMILES string of the molecule is Cl.O=C(O)c1ccccc1-c1ccc2c(c1)C[C@@H](NC[C@H](O)c1cccc(Cl)c1)CC2. The van der Waals surface area contributed by atoms with Gasteiger partial charge in [-0.2, -0.15) is 0 Å². The second kappa shape index (κ2) is 10.3. The Kier molecular flexibility index (Phi) is 7.74. The van der Waals surface area contributed by atoms with Gasteiger partial charge in [0, 0.05) is 17.6 Å². The van der Waals surface area contributed by atoms with E-state index in [0.717, 1.165) is 36.0 Å². The Hall–Kier alpha value is -2.37. The van der Waals surface area contributed by atoms with Crippen molar-refractivity contribution in [2.75, 3.05) is 6.54 Å². The molecular weight excluding hydrogens is 433 g/mol. The minimum Gasteiger partial charge on any atom is -0.478 e. The van der Waals surface area contributed by atoms with Gasteiger partial charge in [0.05, 0.1) is 11.7 Å². The summed E-state index contributed by atoms with van der Waals surface area (Å²) < 4.78 is 0. The standard InChI is InChI=1S/C25H24ClNO3.ClH/c26-20-5-3-4-18(13-20)24(28)15-27-21-11-10-16-8-9-17(12-19(16)14-21)22-6-1-2-7-23(22)25(29)30;/h1-9,12-13,21,24,27-28H,10-11,14-15H2,(H,29,30);1H/t21-,24-;/m0./s1. The van der Waals surface area contributed by atoms with Gasteiger partial charge in [-0.1, -0.05) is 60.1 Å². The molecule has 0 bridgehead atoms. The molecule has 3 aromatic rings. The third-order valence-electron chi connectivity index (χ3n) is 5.74. The number of benzene rings is 3. The fraction of sp³-hybridized carbons (Fsp3) is 0.240. The number of aliphatic hydroxyl groups excluding tert-OH is 1. The molecule has 1 aliphatic rings. The van der Waals surface area contributed by atoms with Crippen LogP contribution in [0.1, 0.15) is 39.6 Å². The van der Waals surface area contributed by atoms with E-state index in [1.54, 1.807) is 24.3 Å². The van der Waals surface area contributed by atoms with Gasteiger partial charge in [0.1, 0.15) is 0 Å². The first kappa shape index (κ1) is 23.3. The second-order valence-electron chi connectivity index (χ2n) is 7.75. The number of halogens is 2. The highest BCUT2D eigenvalue weighted by molar-refractivity contribution is 6.30. The van der Waals surface area contributed by atoms with Gasteiger partial charge >= 0.3 is 5.97 Å². The first-order chi connectivity index (χ1) is 14.5. The number of hydrogen-bond acceptors (Lipinski definition) is 3. The van der Waals surface area contributed by atoms with Gasteiger partial charge < -0.3 is 15.5 Å². The normalized spacial score (nSPS) is 16.1. The fourth-order valence-electron chi connectivity index (χ4n) is 4.13. The van der Waals surface area contributed by atoms with E-state index in [1.807, 2.05) is 30.3 Å². The summed E-state index contributed by atoms with van der Waals surface area (Å²) >= 11 is 6.02. The van der Waals surface area contributed by atoms with E-state index in [-0.39, 0.29) is 18.4 Å². The van der Waals surface area contributed by atoms with Gasteiger partial charge in [0.2, 0.25) is 0 Å². The van der Waals surface area contributed by atoms with E-state index in [4.69, 9.17) is 11.6 Å². The van der Waals surface area contributed by atoms with E-state index >= 15 is 0 Å². The largest absolute Gasteiger partial charge is 0.478 e. The van der Waals surface area contributed by atoms with E-state index in [0.29, 0.717) is 17.1 Å². The van der Waals surface area contributed by atoms with Gasteiger partial charge in [0.15, 0.2) is 0 Å². The molecule has 3 N–H and O–H groups in total. The Morgan fingerprint density at radius 3 is 2.65 bits per heavy atom. The van der Waals surface area contributed by atoms with Crippen molar-refractivity contribution in [1.82, 2.24) is 5.32 Å². The molecular formula is C25H25Cl2NO3. The van der Waals surface area contributed by atoms with E-state index in [1.165, 1.54) is 11.1 Å². The maximum Gasteiger partial charge on any atom is 0.336 e. The molecule has 0 heterocycles. The molecule has 0 amide bonds. The van der Waals surface area contributed by atoms with Gasteiger partial charge in [0.25, 0.3) is 0 Å². The lowest BCUT2D eigenvalue weighted by molar-refractivity contribution is 0.0697. The number of carbonyl (C=O) groups is 1. The van der Waals surface area contributed by atoms with Crippen LogP contribution in [-0.2, 0) is 12.8 Å². The summed E-state index contributed by atoms with van der Waals surface area (Å²) in [5.41, 5.74) is 5.31. The average Bonchev–Trinajstić information content (AvgIpc) is 2.76. The number of rotatable bonds is 6. The Morgan fingerprint density at radius 1 is 1.06 bits per heavy atom. The van der Waals surface area contributed by atoms with Gasteiger partial charge in [-0.05, 0) is 65.3 Å². The number of aryl methyl sites for hydroxylation is 1. The molecule has 31 heavy (non-hydrogen) atoms. The van der Waals surface area contributed by atoms with Crippen molar-refractivity contribution in [3.05, 3.63) is 94.0 Å². The minimum absolute atomic E-state index is 0. The Labute approximate surface area is 193 Å². The summed E-state index contributed by atoms with van der Waals surface area (Å²) in [6.45, 7) is 0.460. The molecule has 1 aliphatic carbocycles. The van der Waals surface area contributed by atoms with Crippen LogP contribution >= 0.6 is 24.0 Å². The molecule has 0 unspecified atom stereocenters. The minimum atomic E-state index is -0.919. The zero-order valence-corrected chi connectivity index (χ0v) is 18.5. The number of hydrogen-bond donors (Lipinski definition) is 3. The average molecular weight is 458 g/mol. The van der Waals surface area contributed by atoms with Gasteiger partial charge in [-0.15, -0.1) is 12.4 Å². The maximum atomic E-state index is 11.6. The van der Waals surface area contributed by atoms with Crippen LogP contribution in [0.25, 0.3) is 11.1 Å². The third-order valence-corrected chi connectivity index (χ3v) is 5.97. The maximum absolute atomic E-state index is 11.6. The quantitative estimate of drug-likeness (QED) is 0.469. The van der Waals surface area contributed by atoms with Crippen LogP contribution in [0.2, 0.25) is 5.02 Å². The van der Waals surface area contributed by atoms with Crippen molar-refractivity contribution in [3.8, 4) is 11.1 Å². The summed E-state index contributed by atoms with van der Waals surface area (Å²) in [4.78, 5) is 11.6. The van der Waals surface area contributed by atoms with Crippen molar-refractivity contribution in [2.24, 2.45) is 0 Å². The zero-order valence-electron chi connectivity index (χ0n) is 16.9. The molecule has 4 rings (SSSR count). The van der Waals surface area contributed by atoms with Crippen LogP contribution in [0, 0.1) is 0 Å². The number of nitrogens with one attached hydrogen (secondary N) is 1. The summed E-state index contributed by atoms with van der Waals surface area (Å²) in [5, 5.41) is 24.1. The predicted octanol–water partition coefficient (Wildman–Crippen LogP) is 5.31. The molecule has 6 heteroatoms. The van der Waals surface area contributed by atoms with Crippen molar-refractivity contribution in [3.63, 3.8) is 0 Å². The zero-order chi connectivity index (χ0) is 21.1. The van der Waals surface area contributed by atoms with Crippen molar-refractivity contribution >= 4 is 30.0 Å². The van der Waals surface area contributed by atoms with Crippen LogP contribution < -0.4 is 5.32 Å². The van der Waals surface area contributed by atoms with Crippen LogP contribution in [0.4, 0.5) is 0 Å². The van der Waals surface area contributed by atoms with Gasteiger partial charge in [-0.3, -0.25) is 0 Å². The van der Waals surface area contributed by atoms with Crippen LogP contribution in [0.3, 0.4) is 0 Å². The Bertz CT molecular complexity index is 1070. The molecule has 2 atom stereocenters. The summed E-state index contributed by atoms with van der Waals surface area (Å²) in [7, 11) is 0. The fourth-order valence-corrected chi connectivity index (χ4v) is 4.33. The molecule has 0 spiro atoms. The monoisotopic (exact) mass is 457 g/mol. The van der Waals surface area contributed by atoms with Crippen LogP contribution in [0.5, 0.6) is 0 Å². The van der Waals surface area contributed by atoms with Crippen molar-refractivity contribution in [1.29, 1.82) is 0 Å². The van der Waals surface area contributed by atoms with Crippen molar-refractivity contribution < 1.29 is 15.0 Å². The first-order valence-corrected chi connectivity index (χ1v) is 10.5. The summed E-state index contributed by atoms with van der Waals surface area (Å²) in [5.74, 6) is -0.919. The van der Waals surface area contributed by atoms with Gasteiger partial charge in [-0.25, -0.2) is 4.79 Å². The molecule has 4 nitrogen and oxygen atoms in total. The molecule has 0 aromatic heterocycles. The van der Waals surface area contributed by atoms with E-state index in [9.17, 15) is 15.0 Å². The molecule has 0 radical (unpaired) electrons. The number of aromatic carboxylic acids is 1. The smallest absolute Gasteiger partial charge is 0.336 e. The van der Waals surface area contributed by atoms with E-state index in [2.05, 4.69) is 17.4 Å².